The quantitative estimate of drug-likeness (QED) is 0.724. The number of amides is 1. The van der Waals surface area contributed by atoms with E-state index in [1.807, 2.05) is 12.1 Å². The van der Waals surface area contributed by atoms with Crippen molar-refractivity contribution in [1.82, 2.24) is 4.72 Å². The zero-order chi connectivity index (χ0) is 20.0. The van der Waals surface area contributed by atoms with Crippen molar-refractivity contribution in [3.05, 3.63) is 53.6 Å². The second-order valence-electron chi connectivity index (χ2n) is 6.59. The number of carbonyl (C=O) groups excluding carboxylic acids is 1. The van der Waals surface area contributed by atoms with Gasteiger partial charge in [-0.3, -0.25) is 4.79 Å². The maximum atomic E-state index is 12.5. The number of ether oxygens (including phenoxy) is 1. The maximum Gasteiger partial charge on any atom is 0.240 e. The molecule has 2 N–H and O–H groups in total. The van der Waals surface area contributed by atoms with Crippen molar-refractivity contribution in [3.8, 4) is 5.75 Å². The third-order valence-corrected chi connectivity index (χ3v) is 5.60. The third-order valence-electron chi connectivity index (χ3n) is 4.15. The van der Waals surface area contributed by atoms with E-state index >= 15 is 0 Å². The van der Waals surface area contributed by atoms with Gasteiger partial charge in [0.15, 0.2) is 0 Å². The van der Waals surface area contributed by atoms with Gasteiger partial charge in [-0.1, -0.05) is 38.1 Å². The summed E-state index contributed by atoms with van der Waals surface area (Å²) in [6.45, 7) is 5.93. The van der Waals surface area contributed by atoms with E-state index in [9.17, 15) is 13.2 Å². The number of carbonyl (C=O) groups is 1. The SMILES string of the molecule is COc1cc(S(=O)(=O)NCCc2ccc(C(C)C)cc2)ccc1NC(C)=O. The largest absolute Gasteiger partial charge is 0.495 e. The van der Waals surface area contributed by atoms with E-state index < -0.39 is 10.0 Å². The highest BCUT2D eigenvalue weighted by atomic mass is 32.2. The monoisotopic (exact) mass is 390 g/mol. The summed E-state index contributed by atoms with van der Waals surface area (Å²) in [5, 5.41) is 2.60. The van der Waals surface area contributed by atoms with Crippen LogP contribution in [0.4, 0.5) is 5.69 Å². The Balaban J connectivity index is 2.04. The van der Waals surface area contributed by atoms with Gasteiger partial charge in [-0.25, -0.2) is 13.1 Å². The van der Waals surface area contributed by atoms with Crippen LogP contribution in [0, 0.1) is 0 Å². The fourth-order valence-electron chi connectivity index (χ4n) is 2.61. The van der Waals surface area contributed by atoms with Gasteiger partial charge in [0.2, 0.25) is 15.9 Å². The number of benzene rings is 2. The Labute approximate surface area is 161 Å². The average molecular weight is 391 g/mol. The number of hydrogen-bond acceptors (Lipinski definition) is 4. The molecule has 0 saturated carbocycles. The Morgan fingerprint density at radius 3 is 2.33 bits per heavy atom. The van der Waals surface area contributed by atoms with Gasteiger partial charge in [0.05, 0.1) is 17.7 Å². The van der Waals surface area contributed by atoms with E-state index in [2.05, 4.69) is 36.0 Å². The van der Waals surface area contributed by atoms with Crippen molar-refractivity contribution < 1.29 is 17.9 Å². The molecule has 0 aromatic heterocycles. The summed E-state index contributed by atoms with van der Waals surface area (Å²) in [6, 6.07) is 12.5. The van der Waals surface area contributed by atoms with Gasteiger partial charge in [0.1, 0.15) is 5.75 Å². The van der Waals surface area contributed by atoms with Crippen molar-refractivity contribution >= 4 is 21.6 Å². The molecule has 146 valence electrons. The minimum atomic E-state index is -3.67. The molecule has 0 aliphatic heterocycles. The lowest BCUT2D eigenvalue weighted by atomic mass is 10.0. The standard InChI is InChI=1S/C20H26N2O4S/c1-14(2)17-7-5-16(6-8-17)11-12-21-27(24,25)18-9-10-19(22-15(3)23)20(13-18)26-4/h5-10,13-14,21H,11-12H2,1-4H3,(H,22,23). The Morgan fingerprint density at radius 1 is 1.11 bits per heavy atom. The van der Waals surface area contributed by atoms with Gasteiger partial charge in [-0.05, 0) is 35.6 Å². The summed E-state index contributed by atoms with van der Waals surface area (Å²) < 4.78 is 32.8. The molecule has 0 bridgehead atoms. The van der Waals surface area contributed by atoms with Gasteiger partial charge in [0.25, 0.3) is 0 Å². The van der Waals surface area contributed by atoms with Gasteiger partial charge in [-0.15, -0.1) is 0 Å². The second kappa shape index (κ2) is 9.01. The summed E-state index contributed by atoms with van der Waals surface area (Å²) >= 11 is 0. The van der Waals surface area contributed by atoms with E-state index in [0.717, 1.165) is 5.56 Å². The lowest BCUT2D eigenvalue weighted by Crippen LogP contribution is -2.26. The molecule has 2 aromatic rings. The highest BCUT2D eigenvalue weighted by Crippen LogP contribution is 2.27. The van der Waals surface area contributed by atoms with Crippen molar-refractivity contribution in [1.29, 1.82) is 0 Å². The summed E-state index contributed by atoms with van der Waals surface area (Å²) in [4.78, 5) is 11.3. The molecule has 0 radical (unpaired) electrons. The molecule has 0 spiro atoms. The molecule has 0 saturated heterocycles. The summed E-state index contributed by atoms with van der Waals surface area (Å²) in [5.41, 5.74) is 2.75. The number of methoxy groups -OCH3 is 1. The molecule has 0 heterocycles. The zero-order valence-corrected chi connectivity index (χ0v) is 16.9. The summed E-state index contributed by atoms with van der Waals surface area (Å²) in [6.07, 6.45) is 0.596. The van der Waals surface area contributed by atoms with Gasteiger partial charge in [0, 0.05) is 19.5 Å². The van der Waals surface area contributed by atoms with Crippen LogP contribution >= 0.6 is 0 Å². The van der Waals surface area contributed by atoms with Crippen LogP contribution in [0.5, 0.6) is 5.75 Å². The van der Waals surface area contributed by atoms with Crippen LogP contribution in [0.3, 0.4) is 0 Å². The van der Waals surface area contributed by atoms with Crippen molar-refractivity contribution in [2.45, 2.75) is 38.0 Å². The number of anilines is 1. The van der Waals surface area contributed by atoms with Crippen LogP contribution in [0.25, 0.3) is 0 Å². The number of sulfonamides is 1. The second-order valence-corrected chi connectivity index (χ2v) is 8.35. The molecule has 1 amide bonds. The Hall–Kier alpha value is -2.38. The Bertz CT molecular complexity index is 891. The van der Waals surface area contributed by atoms with Gasteiger partial charge in [-0.2, -0.15) is 0 Å². The molecule has 0 unspecified atom stereocenters. The number of hydrogen-bond donors (Lipinski definition) is 2. The molecule has 0 atom stereocenters. The molecule has 2 rings (SSSR count). The van der Waals surface area contributed by atoms with E-state index in [1.165, 1.54) is 37.8 Å². The molecular weight excluding hydrogens is 364 g/mol. The Kier molecular flexibility index (Phi) is 6.98. The molecule has 6 nitrogen and oxygen atoms in total. The minimum absolute atomic E-state index is 0.0867. The first-order valence-corrected chi connectivity index (χ1v) is 10.3. The summed E-state index contributed by atoms with van der Waals surface area (Å²) in [5.74, 6) is 0.496. The van der Waals surface area contributed by atoms with Crippen molar-refractivity contribution in [2.75, 3.05) is 19.0 Å². The van der Waals surface area contributed by atoms with Crippen molar-refractivity contribution in [2.24, 2.45) is 0 Å². The topological polar surface area (TPSA) is 84.5 Å². The highest BCUT2D eigenvalue weighted by Gasteiger charge is 2.16. The number of nitrogens with one attached hydrogen (secondary N) is 2. The predicted molar refractivity (Wildman–Crippen MR) is 107 cm³/mol. The maximum absolute atomic E-state index is 12.5. The molecule has 0 fully saturated rings. The lowest BCUT2D eigenvalue weighted by molar-refractivity contribution is -0.114. The first-order chi connectivity index (χ1) is 12.7. The average Bonchev–Trinajstić information content (AvgIpc) is 2.61. The predicted octanol–water partition coefficient (Wildman–Crippen LogP) is 3.30. The fourth-order valence-corrected chi connectivity index (χ4v) is 3.66. The molecule has 2 aromatic carbocycles. The van der Waals surface area contributed by atoms with Crippen LogP contribution in [-0.2, 0) is 21.2 Å². The normalized spacial score (nSPS) is 11.4. The first kappa shape index (κ1) is 20.9. The van der Waals surface area contributed by atoms with E-state index in [4.69, 9.17) is 4.74 Å². The third kappa shape index (κ3) is 5.80. The molecular formula is C20H26N2O4S. The van der Waals surface area contributed by atoms with Crippen LogP contribution in [0.15, 0.2) is 47.4 Å². The number of rotatable bonds is 8. The van der Waals surface area contributed by atoms with Gasteiger partial charge >= 0.3 is 0 Å². The lowest BCUT2D eigenvalue weighted by Gasteiger charge is -2.12. The minimum Gasteiger partial charge on any atom is -0.495 e. The zero-order valence-electron chi connectivity index (χ0n) is 16.1. The van der Waals surface area contributed by atoms with Gasteiger partial charge < -0.3 is 10.1 Å². The smallest absolute Gasteiger partial charge is 0.240 e. The van der Waals surface area contributed by atoms with Crippen LogP contribution in [0.1, 0.15) is 37.8 Å². The van der Waals surface area contributed by atoms with Crippen LogP contribution in [0.2, 0.25) is 0 Å². The highest BCUT2D eigenvalue weighted by molar-refractivity contribution is 7.89. The summed E-state index contributed by atoms with van der Waals surface area (Å²) in [7, 11) is -2.25. The molecule has 7 heteroatoms. The fraction of sp³-hybridized carbons (Fsp3) is 0.350. The van der Waals surface area contributed by atoms with E-state index in [1.54, 1.807) is 0 Å². The van der Waals surface area contributed by atoms with Crippen molar-refractivity contribution in [3.63, 3.8) is 0 Å². The van der Waals surface area contributed by atoms with E-state index in [-0.39, 0.29) is 16.6 Å². The van der Waals surface area contributed by atoms with Crippen LogP contribution in [-0.4, -0.2) is 28.0 Å². The first-order valence-electron chi connectivity index (χ1n) is 8.77. The molecule has 0 aliphatic carbocycles. The Morgan fingerprint density at radius 2 is 1.78 bits per heavy atom. The van der Waals surface area contributed by atoms with E-state index in [0.29, 0.717) is 24.6 Å². The van der Waals surface area contributed by atoms with Crippen LogP contribution < -0.4 is 14.8 Å². The molecule has 0 aliphatic rings. The molecule has 27 heavy (non-hydrogen) atoms.